The lowest BCUT2D eigenvalue weighted by Gasteiger charge is -2.22. The summed E-state index contributed by atoms with van der Waals surface area (Å²) >= 11 is 0. The SMILES string of the molecule is COCCN(Cc1ccccn1)C(=O)Cc1c[nH]c2cc(F)ccc12. The molecule has 0 spiro atoms. The van der Waals surface area contributed by atoms with E-state index in [1.54, 1.807) is 30.5 Å². The molecule has 1 N–H and O–H groups in total. The van der Waals surface area contributed by atoms with Gasteiger partial charge in [0.05, 0.1) is 25.3 Å². The minimum atomic E-state index is -0.302. The van der Waals surface area contributed by atoms with Crippen molar-refractivity contribution in [3.63, 3.8) is 0 Å². The second-order valence-corrected chi connectivity index (χ2v) is 5.81. The Labute approximate surface area is 145 Å². The van der Waals surface area contributed by atoms with Crippen LogP contribution in [0.25, 0.3) is 10.9 Å². The number of carbonyl (C=O) groups is 1. The Hall–Kier alpha value is -2.73. The lowest BCUT2D eigenvalue weighted by atomic mass is 10.1. The summed E-state index contributed by atoms with van der Waals surface area (Å²) in [6.07, 6.45) is 3.71. The van der Waals surface area contributed by atoms with Gasteiger partial charge in [0.25, 0.3) is 0 Å². The molecule has 1 amide bonds. The Morgan fingerprint density at radius 1 is 1.32 bits per heavy atom. The van der Waals surface area contributed by atoms with Crippen LogP contribution in [0.15, 0.2) is 48.8 Å². The van der Waals surface area contributed by atoms with E-state index in [1.165, 1.54) is 12.1 Å². The smallest absolute Gasteiger partial charge is 0.227 e. The molecule has 0 aliphatic carbocycles. The van der Waals surface area contributed by atoms with E-state index in [9.17, 15) is 9.18 Å². The number of rotatable bonds is 7. The summed E-state index contributed by atoms with van der Waals surface area (Å²) in [4.78, 5) is 21.8. The van der Waals surface area contributed by atoms with Gasteiger partial charge in [0.2, 0.25) is 5.91 Å². The van der Waals surface area contributed by atoms with Crippen molar-refractivity contribution in [3.05, 3.63) is 65.9 Å². The van der Waals surface area contributed by atoms with Crippen LogP contribution in [-0.4, -0.2) is 41.0 Å². The first-order chi connectivity index (χ1) is 12.2. The third-order valence-electron chi connectivity index (χ3n) is 4.07. The van der Waals surface area contributed by atoms with Crippen molar-refractivity contribution in [1.29, 1.82) is 0 Å². The standard InChI is InChI=1S/C19H20FN3O2/c1-25-9-8-23(13-16-4-2-3-7-21-16)19(24)10-14-12-22-18-11-15(20)5-6-17(14)18/h2-7,11-12,22H,8-10,13H2,1H3. The highest BCUT2D eigenvalue weighted by molar-refractivity contribution is 5.88. The summed E-state index contributed by atoms with van der Waals surface area (Å²) in [6.45, 7) is 1.38. The van der Waals surface area contributed by atoms with Gasteiger partial charge in [0, 0.05) is 37.0 Å². The molecule has 0 saturated carbocycles. The summed E-state index contributed by atoms with van der Waals surface area (Å²) in [7, 11) is 1.61. The second-order valence-electron chi connectivity index (χ2n) is 5.81. The molecule has 5 nitrogen and oxygen atoms in total. The van der Waals surface area contributed by atoms with Crippen molar-refractivity contribution >= 4 is 16.8 Å². The number of benzene rings is 1. The minimum Gasteiger partial charge on any atom is -0.383 e. The Balaban J connectivity index is 1.76. The maximum absolute atomic E-state index is 13.3. The summed E-state index contributed by atoms with van der Waals surface area (Å²) in [5, 5.41) is 0.860. The molecule has 0 unspecified atom stereocenters. The van der Waals surface area contributed by atoms with Gasteiger partial charge < -0.3 is 14.6 Å². The number of carbonyl (C=O) groups excluding carboxylic acids is 1. The van der Waals surface area contributed by atoms with Crippen LogP contribution in [0.2, 0.25) is 0 Å². The Kier molecular flexibility index (Phi) is 5.40. The number of pyridine rings is 1. The number of fused-ring (bicyclic) bond motifs is 1. The highest BCUT2D eigenvalue weighted by Crippen LogP contribution is 2.20. The lowest BCUT2D eigenvalue weighted by molar-refractivity contribution is -0.131. The van der Waals surface area contributed by atoms with Crippen LogP contribution < -0.4 is 0 Å². The summed E-state index contributed by atoms with van der Waals surface area (Å²) < 4.78 is 18.4. The van der Waals surface area contributed by atoms with Gasteiger partial charge in [-0.15, -0.1) is 0 Å². The van der Waals surface area contributed by atoms with Crippen LogP contribution in [0.4, 0.5) is 4.39 Å². The molecule has 2 heterocycles. The minimum absolute atomic E-state index is 0.0204. The number of amides is 1. The van der Waals surface area contributed by atoms with Crippen LogP contribution in [0, 0.1) is 5.82 Å². The van der Waals surface area contributed by atoms with E-state index in [0.717, 1.165) is 16.6 Å². The van der Waals surface area contributed by atoms with Crippen molar-refractivity contribution in [2.24, 2.45) is 0 Å². The first-order valence-electron chi connectivity index (χ1n) is 8.09. The monoisotopic (exact) mass is 341 g/mol. The molecule has 0 aliphatic heterocycles. The molecule has 0 saturated heterocycles. The van der Waals surface area contributed by atoms with Gasteiger partial charge in [0.1, 0.15) is 5.82 Å². The molecule has 0 radical (unpaired) electrons. The van der Waals surface area contributed by atoms with Gasteiger partial charge in [0.15, 0.2) is 0 Å². The number of halogens is 1. The second kappa shape index (κ2) is 7.90. The van der Waals surface area contributed by atoms with Crippen molar-refractivity contribution in [2.45, 2.75) is 13.0 Å². The zero-order chi connectivity index (χ0) is 17.6. The number of aromatic nitrogens is 2. The fourth-order valence-corrected chi connectivity index (χ4v) is 2.76. The predicted octanol–water partition coefficient (Wildman–Crippen LogP) is 2.92. The molecule has 1 aromatic carbocycles. The third kappa shape index (κ3) is 4.22. The first-order valence-corrected chi connectivity index (χ1v) is 8.09. The van der Waals surface area contributed by atoms with Crippen LogP contribution in [0.5, 0.6) is 0 Å². The van der Waals surface area contributed by atoms with E-state index in [2.05, 4.69) is 9.97 Å². The highest BCUT2D eigenvalue weighted by atomic mass is 19.1. The molecule has 2 aromatic heterocycles. The van der Waals surface area contributed by atoms with E-state index in [4.69, 9.17) is 4.74 Å². The molecule has 0 atom stereocenters. The average molecular weight is 341 g/mol. The first kappa shape index (κ1) is 17.1. The molecule has 3 aromatic rings. The molecule has 0 aliphatic rings. The van der Waals surface area contributed by atoms with Gasteiger partial charge in [-0.3, -0.25) is 9.78 Å². The largest absolute Gasteiger partial charge is 0.383 e. The molecule has 25 heavy (non-hydrogen) atoms. The summed E-state index contributed by atoms with van der Waals surface area (Å²) in [5.74, 6) is -0.322. The van der Waals surface area contributed by atoms with Crippen molar-refractivity contribution in [3.8, 4) is 0 Å². The van der Waals surface area contributed by atoms with E-state index in [-0.39, 0.29) is 18.1 Å². The zero-order valence-corrected chi connectivity index (χ0v) is 14.0. The van der Waals surface area contributed by atoms with Crippen LogP contribution in [0.3, 0.4) is 0 Å². The maximum Gasteiger partial charge on any atom is 0.227 e. The van der Waals surface area contributed by atoms with Crippen LogP contribution in [-0.2, 0) is 22.5 Å². The molecular weight excluding hydrogens is 321 g/mol. The van der Waals surface area contributed by atoms with E-state index in [1.807, 2.05) is 18.2 Å². The number of hydrogen-bond donors (Lipinski definition) is 1. The van der Waals surface area contributed by atoms with E-state index in [0.29, 0.717) is 25.2 Å². The number of nitrogens with zero attached hydrogens (tertiary/aromatic N) is 2. The predicted molar refractivity (Wildman–Crippen MR) is 93.5 cm³/mol. The Bertz CT molecular complexity index is 848. The molecule has 3 rings (SSSR count). The maximum atomic E-state index is 13.3. The van der Waals surface area contributed by atoms with Gasteiger partial charge >= 0.3 is 0 Å². The highest BCUT2D eigenvalue weighted by Gasteiger charge is 2.17. The topological polar surface area (TPSA) is 58.2 Å². The molecule has 0 fully saturated rings. The number of hydrogen-bond acceptors (Lipinski definition) is 3. The van der Waals surface area contributed by atoms with Gasteiger partial charge in [-0.1, -0.05) is 6.07 Å². The molecule has 6 heteroatoms. The van der Waals surface area contributed by atoms with Crippen LogP contribution in [0.1, 0.15) is 11.3 Å². The summed E-state index contributed by atoms with van der Waals surface area (Å²) in [5.41, 5.74) is 2.37. The number of ether oxygens (including phenoxy) is 1. The van der Waals surface area contributed by atoms with Gasteiger partial charge in [-0.05, 0) is 35.9 Å². The van der Waals surface area contributed by atoms with E-state index >= 15 is 0 Å². The molecule has 0 bridgehead atoms. The van der Waals surface area contributed by atoms with E-state index < -0.39 is 0 Å². The molecule has 130 valence electrons. The fraction of sp³-hybridized carbons (Fsp3) is 0.263. The molecular formula is C19H20FN3O2. The van der Waals surface area contributed by atoms with Crippen LogP contribution >= 0.6 is 0 Å². The quantitative estimate of drug-likeness (QED) is 0.719. The Morgan fingerprint density at radius 3 is 2.96 bits per heavy atom. The van der Waals surface area contributed by atoms with Crippen molar-refractivity contribution in [1.82, 2.24) is 14.9 Å². The zero-order valence-electron chi connectivity index (χ0n) is 14.0. The lowest BCUT2D eigenvalue weighted by Crippen LogP contribution is -2.34. The number of methoxy groups -OCH3 is 1. The number of aromatic amines is 1. The van der Waals surface area contributed by atoms with Crippen molar-refractivity contribution < 1.29 is 13.9 Å². The number of nitrogens with one attached hydrogen (secondary N) is 1. The Morgan fingerprint density at radius 2 is 2.20 bits per heavy atom. The third-order valence-corrected chi connectivity index (χ3v) is 4.07. The average Bonchev–Trinajstić information content (AvgIpc) is 3.01. The number of H-pyrrole nitrogens is 1. The summed E-state index contributed by atoms with van der Waals surface area (Å²) in [6, 6.07) is 10.2. The van der Waals surface area contributed by atoms with Gasteiger partial charge in [-0.25, -0.2) is 4.39 Å². The van der Waals surface area contributed by atoms with Crippen molar-refractivity contribution in [2.75, 3.05) is 20.3 Å². The van der Waals surface area contributed by atoms with Gasteiger partial charge in [-0.2, -0.15) is 0 Å². The fourth-order valence-electron chi connectivity index (χ4n) is 2.76. The normalized spacial score (nSPS) is 11.0.